The molecule has 0 saturated carbocycles. The van der Waals surface area contributed by atoms with Crippen LogP contribution in [0.2, 0.25) is 0 Å². The fraction of sp³-hybridized carbons (Fsp3) is 0.133. The number of rotatable bonds is 6. The predicted octanol–water partition coefficient (Wildman–Crippen LogP) is 3.99. The number of imidazole rings is 1. The van der Waals surface area contributed by atoms with Crippen LogP contribution >= 0.6 is 0 Å². The van der Waals surface area contributed by atoms with Crippen LogP contribution in [0.4, 0.5) is 5.82 Å². The largest absolute Gasteiger partial charge is 0.383 e. The molecule has 196 valence electrons. The van der Waals surface area contributed by atoms with Crippen molar-refractivity contribution in [3.8, 4) is 22.9 Å². The summed E-state index contributed by atoms with van der Waals surface area (Å²) in [7, 11) is 0. The average molecular weight is 528 g/mol. The number of nitrogens with two attached hydrogens (primary N) is 1. The van der Waals surface area contributed by atoms with Gasteiger partial charge in [0.05, 0.1) is 18.0 Å². The van der Waals surface area contributed by atoms with Crippen molar-refractivity contribution in [3.05, 3.63) is 108 Å². The summed E-state index contributed by atoms with van der Waals surface area (Å²) in [5.74, 6) is 1.69. The van der Waals surface area contributed by atoms with Crippen LogP contribution in [0.3, 0.4) is 0 Å². The van der Waals surface area contributed by atoms with Gasteiger partial charge in [-0.15, -0.1) is 0 Å². The number of nitrogens with one attached hydrogen (secondary N) is 1. The van der Waals surface area contributed by atoms with Crippen LogP contribution in [0, 0.1) is 0 Å². The molecule has 1 aliphatic rings. The number of hydrogen-bond donors (Lipinski definition) is 2. The highest BCUT2D eigenvalue weighted by Gasteiger charge is 2.26. The van der Waals surface area contributed by atoms with Crippen LogP contribution in [0.5, 0.6) is 0 Å². The summed E-state index contributed by atoms with van der Waals surface area (Å²) >= 11 is 0. The standard InChI is InChI=1S/C30H25N9O/c31-28-23(6-3-14-33-28)29-36-25-11-12-26(38-16-4-15-34-38)37-30(25)39(29)21-8-9-22-19(17-21)7-10-24(22)35-27(40)18-20-5-1-2-13-32-20/h1-6,8-9,11-17,24H,7,10,18H2,(H2,31,33)(H,35,40)/t24-/m0/s1. The van der Waals surface area contributed by atoms with Crippen LogP contribution in [-0.2, 0) is 17.6 Å². The zero-order valence-corrected chi connectivity index (χ0v) is 21.5. The van der Waals surface area contributed by atoms with Gasteiger partial charge in [0.25, 0.3) is 0 Å². The third-order valence-corrected chi connectivity index (χ3v) is 7.17. The van der Waals surface area contributed by atoms with E-state index < -0.39 is 0 Å². The zero-order valence-electron chi connectivity index (χ0n) is 21.5. The Bertz CT molecular complexity index is 1840. The normalized spacial score (nSPS) is 14.3. The second-order valence-electron chi connectivity index (χ2n) is 9.71. The molecule has 1 atom stereocenters. The summed E-state index contributed by atoms with van der Waals surface area (Å²) in [4.78, 5) is 31.2. The van der Waals surface area contributed by atoms with Crippen LogP contribution in [-0.4, -0.2) is 40.2 Å². The van der Waals surface area contributed by atoms with Gasteiger partial charge in [-0.3, -0.25) is 14.3 Å². The summed E-state index contributed by atoms with van der Waals surface area (Å²) in [6, 6.07) is 21.3. The van der Waals surface area contributed by atoms with Crippen molar-refractivity contribution in [3.63, 3.8) is 0 Å². The van der Waals surface area contributed by atoms with Crippen molar-refractivity contribution in [2.45, 2.75) is 25.3 Å². The second-order valence-corrected chi connectivity index (χ2v) is 9.71. The molecular weight excluding hydrogens is 502 g/mol. The SMILES string of the molecule is Nc1ncccc1-c1nc2ccc(-n3cccn3)nc2n1-c1ccc2c(c1)CC[C@@H]2NC(=O)Cc1ccccn1. The first kappa shape index (κ1) is 23.7. The maximum Gasteiger partial charge on any atom is 0.226 e. The van der Waals surface area contributed by atoms with Crippen molar-refractivity contribution < 1.29 is 4.79 Å². The third kappa shape index (κ3) is 4.25. The molecule has 5 aromatic heterocycles. The highest BCUT2D eigenvalue weighted by atomic mass is 16.1. The van der Waals surface area contributed by atoms with Gasteiger partial charge in [0.15, 0.2) is 17.3 Å². The van der Waals surface area contributed by atoms with E-state index in [1.165, 1.54) is 5.56 Å². The Morgan fingerprint density at radius 1 is 0.975 bits per heavy atom. The average Bonchev–Trinajstić information content (AvgIpc) is 3.72. The number of benzene rings is 1. The number of aryl methyl sites for hydroxylation is 1. The van der Waals surface area contributed by atoms with Gasteiger partial charge in [-0.05, 0) is 78.6 Å². The van der Waals surface area contributed by atoms with Gasteiger partial charge in [0.1, 0.15) is 11.3 Å². The molecule has 7 rings (SSSR count). The molecule has 6 aromatic rings. The van der Waals surface area contributed by atoms with Crippen molar-refractivity contribution in [1.29, 1.82) is 0 Å². The number of hydrogen-bond acceptors (Lipinski definition) is 7. The van der Waals surface area contributed by atoms with E-state index in [2.05, 4.69) is 32.5 Å². The van der Waals surface area contributed by atoms with E-state index in [0.717, 1.165) is 40.9 Å². The molecule has 0 aliphatic heterocycles. The Labute approximate surface area is 229 Å². The zero-order chi connectivity index (χ0) is 27.1. The van der Waals surface area contributed by atoms with E-state index in [9.17, 15) is 4.79 Å². The number of aromatic nitrogens is 7. The summed E-state index contributed by atoms with van der Waals surface area (Å²) in [6.45, 7) is 0. The number of carbonyl (C=O) groups is 1. The molecular formula is C30H25N9O. The minimum Gasteiger partial charge on any atom is -0.383 e. The Morgan fingerprint density at radius 3 is 2.73 bits per heavy atom. The highest BCUT2D eigenvalue weighted by molar-refractivity contribution is 5.83. The molecule has 1 aliphatic carbocycles. The first-order valence-corrected chi connectivity index (χ1v) is 13.1. The minimum absolute atomic E-state index is 0.0362. The molecule has 40 heavy (non-hydrogen) atoms. The summed E-state index contributed by atoms with van der Waals surface area (Å²) in [5, 5.41) is 7.53. The number of anilines is 1. The van der Waals surface area contributed by atoms with Crippen molar-refractivity contribution >= 4 is 22.9 Å². The lowest BCUT2D eigenvalue weighted by Gasteiger charge is -2.16. The van der Waals surface area contributed by atoms with Gasteiger partial charge < -0.3 is 11.1 Å². The molecule has 10 heteroatoms. The third-order valence-electron chi connectivity index (χ3n) is 7.17. The van der Waals surface area contributed by atoms with E-state index in [0.29, 0.717) is 23.1 Å². The Balaban J connectivity index is 1.28. The van der Waals surface area contributed by atoms with Crippen LogP contribution in [0.25, 0.3) is 34.1 Å². The Hall–Kier alpha value is -5.38. The Kier molecular flexibility index (Phi) is 5.77. The number of fused-ring (bicyclic) bond motifs is 2. The number of pyridine rings is 3. The second kappa shape index (κ2) is 9.73. The monoisotopic (exact) mass is 527 g/mol. The fourth-order valence-corrected chi connectivity index (χ4v) is 5.32. The van der Waals surface area contributed by atoms with Crippen LogP contribution < -0.4 is 11.1 Å². The van der Waals surface area contributed by atoms with Gasteiger partial charge in [-0.2, -0.15) is 5.10 Å². The molecule has 0 spiro atoms. The summed E-state index contributed by atoms with van der Waals surface area (Å²) in [5.41, 5.74) is 12.4. The van der Waals surface area contributed by atoms with Crippen molar-refractivity contribution in [2.75, 3.05) is 5.73 Å². The quantitative estimate of drug-likeness (QED) is 0.335. The highest BCUT2D eigenvalue weighted by Crippen LogP contribution is 2.36. The molecule has 10 nitrogen and oxygen atoms in total. The maximum atomic E-state index is 12.7. The first-order chi connectivity index (χ1) is 19.6. The molecule has 1 aromatic carbocycles. The van der Waals surface area contributed by atoms with Crippen LogP contribution in [0.1, 0.15) is 29.3 Å². The van der Waals surface area contributed by atoms with Gasteiger partial charge >= 0.3 is 0 Å². The molecule has 0 saturated heterocycles. The number of carbonyl (C=O) groups excluding carboxylic acids is 1. The van der Waals surface area contributed by atoms with E-state index >= 15 is 0 Å². The molecule has 0 radical (unpaired) electrons. The van der Waals surface area contributed by atoms with Crippen LogP contribution in [0.15, 0.2) is 91.5 Å². The molecule has 0 fully saturated rings. The predicted molar refractivity (Wildman–Crippen MR) is 151 cm³/mol. The Morgan fingerprint density at radius 2 is 1.90 bits per heavy atom. The lowest BCUT2D eigenvalue weighted by molar-refractivity contribution is -0.121. The number of nitrogens with zero attached hydrogens (tertiary/aromatic N) is 7. The van der Waals surface area contributed by atoms with Gasteiger partial charge in [-0.1, -0.05) is 12.1 Å². The van der Waals surface area contributed by atoms with Gasteiger partial charge in [0.2, 0.25) is 5.91 Å². The van der Waals surface area contributed by atoms with Gasteiger partial charge in [-0.25, -0.2) is 19.6 Å². The van der Waals surface area contributed by atoms with Crippen molar-refractivity contribution in [1.82, 2.24) is 39.6 Å². The van der Waals surface area contributed by atoms with E-state index in [4.69, 9.17) is 15.7 Å². The molecule has 0 bridgehead atoms. The molecule has 1 amide bonds. The van der Waals surface area contributed by atoms with Crippen molar-refractivity contribution in [2.24, 2.45) is 0 Å². The number of nitrogen functional groups attached to an aromatic ring is 1. The molecule has 0 unspecified atom stereocenters. The number of amides is 1. The topological polar surface area (TPSA) is 129 Å². The van der Waals surface area contributed by atoms with E-state index in [1.54, 1.807) is 23.3 Å². The smallest absolute Gasteiger partial charge is 0.226 e. The summed E-state index contributed by atoms with van der Waals surface area (Å²) in [6.07, 6.45) is 8.88. The van der Waals surface area contributed by atoms with E-state index in [1.807, 2.05) is 65.4 Å². The van der Waals surface area contributed by atoms with Gasteiger partial charge in [0, 0.05) is 36.2 Å². The lowest BCUT2D eigenvalue weighted by atomic mass is 10.1. The minimum atomic E-state index is -0.0437. The lowest BCUT2D eigenvalue weighted by Crippen LogP contribution is -2.28. The molecule has 3 N–H and O–H groups in total. The van der Waals surface area contributed by atoms with E-state index in [-0.39, 0.29) is 18.4 Å². The summed E-state index contributed by atoms with van der Waals surface area (Å²) < 4.78 is 3.73. The fourth-order valence-electron chi connectivity index (χ4n) is 5.32. The molecule has 5 heterocycles. The first-order valence-electron chi connectivity index (χ1n) is 13.1. The maximum absolute atomic E-state index is 12.7.